The minimum absolute atomic E-state index is 0.0949. The number of nitrogens with two attached hydrogens (primary N) is 1. The standard InChI is InChI=1S/C15H18Cl2N2O/c16-13-4-3-9(6-14(13)17)11-7-12(11)15(20)19-5-1-2-10(18)8-19/h3-4,6,10-12H,1-2,5,7-8,18H2/t10-,11+,12+/m1/s1. The second-order valence-corrected chi connectivity index (χ2v) is 6.62. The molecule has 1 heterocycles. The van der Waals surface area contributed by atoms with E-state index in [0.717, 1.165) is 31.4 Å². The fourth-order valence-electron chi connectivity index (χ4n) is 3.02. The first kappa shape index (κ1) is 14.2. The number of benzene rings is 1. The number of amides is 1. The highest BCUT2D eigenvalue weighted by molar-refractivity contribution is 6.42. The van der Waals surface area contributed by atoms with Crippen LogP contribution in [0.5, 0.6) is 0 Å². The third kappa shape index (κ3) is 2.80. The van der Waals surface area contributed by atoms with Gasteiger partial charge in [-0.1, -0.05) is 29.3 Å². The monoisotopic (exact) mass is 312 g/mol. The van der Waals surface area contributed by atoms with Crippen molar-refractivity contribution in [2.24, 2.45) is 11.7 Å². The average molecular weight is 313 g/mol. The molecule has 20 heavy (non-hydrogen) atoms. The van der Waals surface area contributed by atoms with Crippen LogP contribution >= 0.6 is 23.2 Å². The van der Waals surface area contributed by atoms with Crippen LogP contribution in [0.3, 0.4) is 0 Å². The van der Waals surface area contributed by atoms with E-state index >= 15 is 0 Å². The molecule has 0 aromatic heterocycles. The molecule has 1 aromatic rings. The second-order valence-electron chi connectivity index (χ2n) is 5.81. The summed E-state index contributed by atoms with van der Waals surface area (Å²) in [5.74, 6) is 0.629. The van der Waals surface area contributed by atoms with Crippen molar-refractivity contribution < 1.29 is 4.79 Å². The summed E-state index contributed by atoms with van der Waals surface area (Å²) >= 11 is 12.0. The van der Waals surface area contributed by atoms with Gasteiger partial charge < -0.3 is 10.6 Å². The number of likely N-dealkylation sites (tertiary alicyclic amines) is 1. The lowest BCUT2D eigenvalue weighted by Gasteiger charge is -2.31. The highest BCUT2D eigenvalue weighted by Crippen LogP contribution is 2.49. The lowest BCUT2D eigenvalue weighted by Crippen LogP contribution is -2.46. The summed E-state index contributed by atoms with van der Waals surface area (Å²) in [7, 11) is 0. The number of carbonyl (C=O) groups excluding carboxylic acids is 1. The summed E-state index contributed by atoms with van der Waals surface area (Å²) < 4.78 is 0. The maximum Gasteiger partial charge on any atom is 0.226 e. The van der Waals surface area contributed by atoms with Crippen LogP contribution in [0.4, 0.5) is 0 Å². The Balaban J connectivity index is 1.66. The summed E-state index contributed by atoms with van der Waals surface area (Å²) in [4.78, 5) is 14.4. The molecule has 3 atom stereocenters. The fourth-order valence-corrected chi connectivity index (χ4v) is 3.33. The summed E-state index contributed by atoms with van der Waals surface area (Å²) in [5, 5.41) is 1.11. The minimum Gasteiger partial charge on any atom is -0.341 e. The molecule has 0 unspecified atom stereocenters. The molecule has 0 bridgehead atoms. The zero-order chi connectivity index (χ0) is 14.3. The highest BCUT2D eigenvalue weighted by Gasteiger charge is 2.46. The van der Waals surface area contributed by atoms with E-state index in [1.807, 2.05) is 17.0 Å². The Morgan fingerprint density at radius 2 is 2.10 bits per heavy atom. The smallest absolute Gasteiger partial charge is 0.226 e. The number of hydrogen-bond donors (Lipinski definition) is 1. The average Bonchev–Trinajstić information content (AvgIpc) is 3.21. The van der Waals surface area contributed by atoms with Gasteiger partial charge in [-0.15, -0.1) is 0 Å². The van der Waals surface area contributed by atoms with Crippen LogP contribution in [0.15, 0.2) is 18.2 Å². The molecule has 5 heteroatoms. The van der Waals surface area contributed by atoms with Crippen molar-refractivity contribution in [3.8, 4) is 0 Å². The molecular formula is C15H18Cl2N2O. The summed E-state index contributed by atoms with van der Waals surface area (Å²) in [6.45, 7) is 1.54. The first-order chi connectivity index (χ1) is 9.56. The SMILES string of the molecule is N[C@@H]1CCCN(C(=O)[C@H]2C[C@H]2c2ccc(Cl)c(Cl)c2)C1. The molecule has 108 valence electrons. The quantitative estimate of drug-likeness (QED) is 0.912. The predicted octanol–water partition coefficient (Wildman–Crippen LogP) is 3.05. The van der Waals surface area contributed by atoms with E-state index in [1.54, 1.807) is 6.07 Å². The Morgan fingerprint density at radius 1 is 1.30 bits per heavy atom. The Hall–Kier alpha value is -0.770. The van der Waals surface area contributed by atoms with Gasteiger partial charge in [0.05, 0.1) is 10.0 Å². The Morgan fingerprint density at radius 3 is 2.80 bits per heavy atom. The molecule has 3 rings (SSSR count). The third-order valence-corrected chi connectivity index (χ3v) is 4.99. The van der Waals surface area contributed by atoms with E-state index in [4.69, 9.17) is 28.9 Å². The Labute approximate surface area is 129 Å². The first-order valence-corrected chi connectivity index (χ1v) is 7.81. The van der Waals surface area contributed by atoms with E-state index < -0.39 is 0 Å². The third-order valence-electron chi connectivity index (χ3n) is 4.25. The molecule has 1 aromatic carbocycles. The van der Waals surface area contributed by atoms with Gasteiger partial charge in [-0.25, -0.2) is 0 Å². The summed E-state index contributed by atoms with van der Waals surface area (Å²) in [6.07, 6.45) is 2.93. The molecule has 2 fully saturated rings. The van der Waals surface area contributed by atoms with Crippen molar-refractivity contribution in [3.63, 3.8) is 0 Å². The molecule has 0 spiro atoms. The van der Waals surface area contributed by atoms with E-state index in [9.17, 15) is 4.79 Å². The van der Waals surface area contributed by atoms with Crippen LogP contribution in [0.2, 0.25) is 10.0 Å². The van der Waals surface area contributed by atoms with Gasteiger partial charge in [0.25, 0.3) is 0 Å². The van der Waals surface area contributed by atoms with Crippen LogP contribution in [0, 0.1) is 5.92 Å². The van der Waals surface area contributed by atoms with Crippen LogP contribution in [-0.2, 0) is 4.79 Å². The number of piperidine rings is 1. The zero-order valence-corrected chi connectivity index (χ0v) is 12.7. The fraction of sp³-hybridized carbons (Fsp3) is 0.533. The molecule has 1 saturated carbocycles. The topological polar surface area (TPSA) is 46.3 Å². The van der Waals surface area contributed by atoms with Crippen molar-refractivity contribution in [2.75, 3.05) is 13.1 Å². The number of rotatable bonds is 2. The summed E-state index contributed by atoms with van der Waals surface area (Å²) in [6, 6.07) is 5.78. The van der Waals surface area contributed by atoms with Crippen molar-refractivity contribution in [3.05, 3.63) is 33.8 Å². The van der Waals surface area contributed by atoms with Gasteiger partial charge in [0.2, 0.25) is 5.91 Å². The molecule has 2 N–H and O–H groups in total. The van der Waals surface area contributed by atoms with E-state index in [-0.39, 0.29) is 23.8 Å². The molecule has 1 aliphatic heterocycles. The molecule has 3 nitrogen and oxygen atoms in total. The number of hydrogen-bond acceptors (Lipinski definition) is 2. The van der Waals surface area contributed by atoms with Gasteiger partial charge in [0, 0.05) is 25.0 Å². The molecule has 1 aliphatic carbocycles. The number of nitrogens with zero attached hydrogens (tertiary/aromatic N) is 1. The zero-order valence-electron chi connectivity index (χ0n) is 11.2. The second kappa shape index (κ2) is 5.55. The van der Waals surface area contributed by atoms with E-state index in [2.05, 4.69) is 0 Å². The number of halogens is 2. The van der Waals surface area contributed by atoms with Crippen LogP contribution in [0.25, 0.3) is 0 Å². The Kier molecular flexibility index (Phi) is 3.93. The lowest BCUT2D eigenvalue weighted by atomic mass is 10.0. The van der Waals surface area contributed by atoms with Crippen LogP contribution < -0.4 is 5.73 Å². The minimum atomic E-state index is 0.0949. The van der Waals surface area contributed by atoms with E-state index in [0.29, 0.717) is 16.6 Å². The van der Waals surface area contributed by atoms with Crippen molar-refractivity contribution in [1.29, 1.82) is 0 Å². The number of carbonyl (C=O) groups is 1. The predicted molar refractivity (Wildman–Crippen MR) is 81.1 cm³/mol. The highest BCUT2D eigenvalue weighted by atomic mass is 35.5. The van der Waals surface area contributed by atoms with Crippen LogP contribution in [-0.4, -0.2) is 29.9 Å². The van der Waals surface area contributed by atoms with Gasteiger partial charge in [0.15, 0.2) is 0 Å². The molecule has 1 saturated heterocycles. The normalized spacial score (nSPS) is 29.4. The molecule has 0 radical (unpaired) electrons. The largest absolute Gasteiger partial charge is 0.341 e. The maximum absolute atomic E-state index is 12.5. The van der Waals surface area contributed by atoms with Crippen molar-refractivity contribution >= 4 is 29.1 Å². The van der Waals surface area contributed by atoms with E-state index in [1.165, 1.54) is 0 Å². The van der Waals surface area contributed by atoms with Crippen LogP contribution in [0.1, 0.15) is 30.7 Å². The van der Waals surface area contributed by atoms with Gasteiger partial charge in [-0.2, -0.15) is 0 Å². The lowest BCUT2D eigenvalue weighted by molar-refractivity contribution is -0.133. The van der Waals surface area contributed by atoms with Crippen molar-refractivity contribution in [1.82, 2.24) is 4.90 Å². The van der Waals surface area contributed by atoms with Gasteiger partial charge in [-0.05, 0) is 42.9 Å². The van der Waals surface area contributed by atoms with Gasteiger partial charge >= 0.3 is 0 Å². The van der Waals surface area contributed by atoms with Gasteiger partial charge in [-0.3, -0.25) is 4.79 Å². The Bertz CT molecular complexity index is 535. The first-order valence-electron chi connectivity index (χ1n) is 7.05. The van der Waals surface area contributed by atoms with Gasteiger partial charge in [0.1, 0.15) is 0 Å². The van der Waals surface area contributed by atoms with Crippen molar-refractivity contribution in [2.45, 2.75) is 31.2 Å². The maximum atomic E-state index is 12.5. The molecular weight excluding hydrogens is 295 g/mol. The molecule has 2 aliphatic rings. The summed E-state index contributed by atoms with van der Waals surface area (Å²) in [5.41, 5.74) is 7.05. The molecule has 1 amide bonds.